The second kappa shape index (κ2) is 6.10. The van der Waals surface area contributed by atoms with Crippen LogP contribution < -0.4 is 9.41 Å². The van der Waals surface area contributed by atoms with Crippen molar-refractivity contribution in [1.82, 2.24) is 0 Å². The van der Waals surface area contributed by atoms with Gasteiger partial charge in [-0.3, -0.25) is 0 Å². The molecule has 110 valence electrons. The molecule has 1 aliphatic rings. The van der Waals surface area contributed by atoms with Gasteiger partial charge in [0.15, 0.2) is 0 Å². The zero-order valence-corrected chi connectivity index (χ0v) is 13.1. The maximum atomic E-state index is 12.0. The fraction of sp³-hybridized carbons (Fsp3) is 0.417. The predicted octanol–water partition coefficient (Wildman–Crippen LogP) is 2.93. The lowest BCUT2D eigenvalue weighted by molar-refractivity contribution is 0.181. The van der Waals surface area contributed by atoms with Crippen LogP contribution in [-0.2, 0) is 25.6 Å². The SMILES string of the molecule is COC(=O)N(c1ccc(OC)cc1)P1(=S)OCC(C)O1. The number of hydrogen-bond donors (Lipinski definition) is 0. The van der Waals surface area contributed by atoms with Crippen LogP contribution in [0.5, 0.6) is 5.75 Å². The van der Waals surface area contributed by atoms with E-state index >= 15 is 0 Å². The van der Waals surface area contributed by atoms with Crippen LogP contribution in [0.3, 0.4) is 0 Å². The molecule has 0 bridgehead atoms. The van der Waals surface area contributed by atoms with E-state index in [9.17, 15) is 4.79 Å². The minimum absolute atomic E-state index is 0.147. The highest BCUT2D eigenvalue weighted by atomic mass is 32.5. The van der Waals surface area contributed by atoms with Gasteiger partial charge in [-0.05, 0) is 43.0 Å². The van der Waals surface area contributed by atoms with Crippen LogP contribution >= 0.6 is 6.64 Å². The zero-order chi connectivity index (χ0) is 14.8. The number of nitrogens with zero attached hydrogens (tertiary/aromatic N) is 1. The van der Waals surface area contributed by atoms with Crippen molar-refractivity contribution >= 4 is 30.2 Å². The average molecular weight is 317 g/mol. The fourth-order valence-corrected chi connectivity index (χ4v) is 4.74. The molecule has 1 fully saturated rings. The lowest BCUT2D eigenvalue weighted by atomic mass is 10.3. The Morgan fingerprint density at radius 1 is 1.40 bits per heavy atom. The Balaban J connectivity index is 2.37. The highest BCUT2D eigenvalue weighted by molar-refractivity contribution is 8.11. The zero-order valence-electron chi connectivity index (χ0n) is 11.4. The van der Waals surface area contributed by atoms with Gasteiger partial charge in [0, 0.05) is 0 Å². The first-order chi connectivity index (χ1) is 9.50. The monoisotopic (exact) mass is 317 g/mol. The first-order valence-corrected chi connectivity index (χ1v) is 8.55. The Morgan fingerprint density at radius 3 is 2.50 bits per heavy atom. The van der Waals surface area contributed by atoms with Crippen LogP contribution in [0.15, 0.2) is 24.3 Å². The van der Waals surface area contributed by atoms with Crippen molar-refractivity contribution < 1.29 is 23.3 Å². The van der Waals surface area contributed by atoms with Crippen LogP contribution in [-0.4, -0.2) is 33.0 Å². The summed E-state index contributed by atoms with van der Waals surface area (Å²) >= 11 is 5.41. The molecule has 1 saturated heterocycles. The Hall–Kier alpha value is -1.14. The minimum Gasteiger partial charge on any atom is -0.497 e. The quantitative estimate of drug-likeness (QED) is 0.799. The van der Waals surface area contributed by atoms with E-state index in [1.54, 1.807) is 31.4 Å². The number of methoxy groups -OCH3 is 2. The summed E-state index contributed by atoms with van der Waals surface area (Å²) in [5.74, 6) is 0.678. The molecule has 20 heavy (non-hydrogen) atoms. The van der Waals surface area contributed by atoms with Gasteiger partial charge in [-0.2, -0.15) is 0 Å². The van der Waals surface area contributed by atoms with Gasteiger partial charge in [0.1, 0.15) is 5.75 Å². The third-order valence-corrected chi connectivity index (χ3v) is 5.75. The van der Waals surface area contributed by atoms with Crippen molar-refractivity contribution in [3.8, 4) is 5.75 Å². The number of hydrogen-bond acceptors (Lipinski definition) is 6. The van der Waals surface area contributed by atoms with Gasteiger partial charge in [0.05, 0.1) is 32.6 Å². The standard InChI is InChI=1S/C12H16NO5PS/c1-9-8-17-19(20,18-9)13(12(14)16-3)10-4-6-11(15-2)7-5-10/h4-7,9H,8H2,1-3H3. The molecule has 0 radical (unpaired) electrons. The summed E-state index contributed by atoms with van der Waals surface area (Å²) < 4.78 is 22.3. The molecule has 2 atom stereocenters. The molecule has 0 N–H and O–H groups in total. The second-order valence-corrected chi connectivity index (χ2v) is 7.35. The number of ether oxygens (including phenoxy) is 2. The molecule has 1 aliphatic heterocycles. The molecule has 6 nitrogen and oxygen atoms in total. The van der Waals surface area contributed by atoms with Crippen LogP contribution in [0.4, 0.5) is 10.5 Å². The highest BCUT2D eigenvalue weighted by Crippen LogP contribution is 2.59. The van der Waals surface area contributed by atoms with E-state index in [4.69, 9.17) is 30.3 Å². The maximum Gasteiger partial charge on any atom is 0.421 e. The van der Waals surface area contributed by atoms with Crippen molar-refractivity contribution in [2.75, 3.05) is 25.5 Å². The molecule has 1 aromatic rings. The molecule has 0 saturated carbocycles. The summed E-state index contributed by atoms with van der Waals surface area (Å²) in [6.07, 6.45) is -0.751. The third kappa shape index (κ3) is 2.96. The summed E-state index contributed by atoms with van der Waals surface area (Å²) in [7, 11) is 2.86. The molecule has 8 heteroatoms. The van der Waals surface area contributed by atoms with Crippen LogP contribution in [0, 0.1) is 0 Å². The van der Waals surface area contributed by atoms with Gasteiger partial charge in [-0.1, -0.05) is 0 Å². The Morgan fingerprint density at radius 2 is 2.05 bits per heavy atom. The Kier molecular flexibility index (Phi) is 4.65. The highest BCUT2D eigenvalue weighted by Gasteiger charge is 2.41. The molecule has 1 heterocycles. The van der Waals surface area contributed by atoms with E-state index in [2.05, 4.69) is 0 Å². The number of anilines is 1. The van der Waals surface area contributed by atoms with E-state index in [-0.39, 0.29) is 6.10 Å². The first kappa shape index (κ1) is 15.3. The molecule has 0 aromatic heterocycles. The van der Waals surface area contributed by atoms with Crippen molar-refractivity contribution in [2.45, 2.75) is 13.0 Å². The molecule has 2 unspecified atom stereocenters. The lowest BCUT2D eigenvalue weighted by Crippen LogP contribution is -2.28. The lowest BCUT2D eigenvalue weighted by Gasteiger charge is -2.28. The van der Waals surface area contributed by atoms with Crippen molar-refractivity contribution in [3.63, 3.8) is 0 Å². The van der Waals surface area contributed by atoms with Crippen molar-refractivity contribution in [2.24, 2.45) is 0 Å². The van der Waals surface area contributed by atoms with Crippen molar-refractivity contribution in [3.05, 3.63) is 24.3 Å². The molecule has 0 aliphatic carbocycles. The van der Waals surface area contributed by atoms with Crippen LogP contribution in [0.1, 0.15) is 6.92 Å². The smallest absolute Gasteiger partial charge is 0.421 e. The van der Waals surface area contributed by atoms with Gasteiger partial charge < -0.3 is 18.5 Å². The van der Waals surface area contributed by atoms with E-state index in [0.29, 0.717) is 18.0 Å². The first-order valence-electron chi connectivity index (χ1n) is 5.96. The third-order valence-electron chi connectivity index (χ3n) is 2.70. The van der Waals surface area contributed by atoms with Gasteiger partial charge in [-0.25, -0.2) is 9.46 Å². The molecule has 2 rings (SSSR count). The Bertz CT molecular complexity index is 535. The van der Waals surface area contributed by atoms with E-state index in [1.807, 2.05) is 6.92 Å². The molecule has 0 spiro atoms. The maximum absolute atomic E-state index is 12.0. The number of rotatable bonds is 3. The summed E-state index contributed by atoms with van der Waals surface area (Å²) in [5, 5.41) is 0. The number of amides is 1. The average Bonchev–Trinajstić information content (AvgIpc) is 2.79. The number of carbonyl (C=O) groups is 1. The van der Waals surface area contributed by atoms with E-state index < -0.39 is 12.7 Å². The van der Waals surface area contributed by atoms with Crippen LogP contribution in [0.25, 0.3) is 0 Å². The minimum atomic E-state index is -2.90. The Labute approximate surface area is 122 Å². The molecular formula is C12H16NO5PS. The number of benzene rings is 1. The van der Waals surface area contributed by atoms with E-state index in [0.717, 1.165) is 0 Å². The van der Waals surface area contributed by atoms with Gasteiger partial charge in [0.2, 0.25) is 0 Å². The topological polar surface area (TPSA) is 57.2 Å². The summed E-state index contributed by atoms with van der Waals surface area (Å²) in [5.41, 5.74) is 0.551. The second-order valence-electron chi connectivity index (χ2n) is 4.16. The van der Waals surface area contributed by atoms with Crippen molar-refractivity contribution in [1.29, 1.82) is 0 Å². The number of carbonyl (C=O) groups excluding carboxylic acids is 1. The van der Waals surface area contributed by atoms with Gasteiger partial charge >= 0.3 is 6.09 Å². The predicted molar refractivity (Wildman–Crippen MR) is 78.7 cm³/mol. The van der Waals surface area contributed by atoms with Gasteiger partial charge in [0.25, 0.3) is 6.64 Å². The largest absolute Gasteiger partial charge is 0.497 e. The molecular weight excluding hydrogens is 301 g/mol. The normalized spacial score (nSPS) is 25.2. The van der Waals surface area contributed by atoms with E-state index in [1.165, 1.54) is 11.8 Å². The summed E-state index contributed by atoms with van der Waals surface area (Å²) in [6, 6.07) is 6.87. The molecule has 1 aromatic carbocycles. The summed E-state index contributed by atoms with van der Waals surface area (Å²) in [6.45, 7) is -0.696. The molecule has 1 amide bonds. The van der Waals surface area contributed by atoms with Gasteiger partial charge in [-0.15, -0.1) is 0 Å². The van der Waals surface area contributed by atoms with Crippen LogP contribution in [0.2, 0.25) is 0 Å². The fourth-order valence-electron chi connectivity index (χ4n) is 1.75. The summed E-state index contributed by atoms with van der Waals surface area (Å²) in [4.78, 5) is 12.0.